The van der Waals surface area contributed by atoms with E-state index in [9.17, 15) is 0 Å². The highest BCUT2D eigenvalue weighted by atomic mass is 35.5. The molecule has 3 aromatic rings. The molecule has 172 valence electrons. The molecule has 32 heavy (non-hydrogen) atoms. The topological polar surface area (TPSA) is 18.5 Å². The molecule has 0 radical (unpaired) electrons. The Bertz CT molecular complexity index is 836. The van der Waals surface area contributed by atoms with Gasteiger partial charge in [-0.3, -0.25) is 0 Å². The molecule has 0 aliphatic heterocycles. The van der Waals surface area contributed by atoms with Crippen molar-refractivity contribution in [1.29, 1.82) is 0 Å². The van der Waals surface area contributed by atoms with Crippen molar-refractivity contribution >= 4 is 59.2 Å². The molecule has 0 spiro atoms. The summed E-state index contributed by atoms with van der Waals surface area (Å²) in [5.74, 6) is 0. The average molecular weight is 510 g/mol. The van der Waals surface area contributed by atoms with E-state index < -0.39 is 8.80 Å². The van der Waals surface area contributed by atoms with Gasteiger partial charge in [-0.25, -0.2) is 9.78 Å². The second-order valence-electron chi connectivity index (χ2n) is 9.48. The van der Waals surface area contributed by atoms with Crippen LogP contribution < -0.4 is 15.6 Å². The van der Waals surface area contributed by atoms with Gasteiger partial charge in [0.25, 0.3) is 0 Å². The fraction of sp³-hybridized carbons (Fsp3) is 0.308. The molecule has 0 unspecified atom stereocenters. The van der Waals surface area contributed by atoms with E-state index in [1.54, 1.807) is 0 Å². The van der Waals surface area contributed by atoms with Crippen LogP contribution in [0.5, 0.6) is 0 Å². The van der Waals surface area contributed by atoms with Gasteiger partial charge >= 0.3 is 0 Å². The number of rotatable bonds is 4. The number of benzene rings is 3. The number of hydrogen-bond acceptors (Lipinski definition) is 2. The van der Waals surface area contributed by atoms with E-state index in [2.05, 4.69) is 36.4 Å². The molecular weight excluding hydrogens is 479 g/mol. The predicted octanol–water partition coefficient (Wildman–Crippen LogP) is 6.43. The summed E-state index contributed by atoms with van der Waals surface area (Å²) in [4.78, 5) is 10.2. The van der Waals surface area contributed by atoms with Crippen LogP contribution in [0.15, 0.2) is 72.8 Å². The van der Waals surface area contributed by atoms with Gasteiger partial charge < -0.3 is 0 Å². The largest absolute Gasteiger partial charge is 0.230 e. The van der Waals surface area contributed by atoms with Crippen LogP contribution in [0.4, 0.5) is 0 Å². The lowest BCUT2D eigenvalue weighted by Gasteiger charge is -2.24. The minimum atomic E-state index is -1.55. The smallest absolute Gasteiger partial charge is 0.132 e. The molecule has 3 aromatic carbocycles. The zero-order valence-electron chi connectivity index (χ0n) is 19.5. The first-order chi connectivity index (χ1) is 14.8. The molecule has 0 saturated carbocycles. The van der Waals surface area contributed by atoms with Gasteiger partial charge in [0.15, 0.2) is 0 Å². The van der Waals surface area contributed by atoms with Crippen molar-refractivity contribution in [1.82, 2.24) is 0 Å². The first kappa shape index (κ1) is 26.9. The molecule has 0 fully saturated rings. The van der Waals surface area contributed by atoms with Gasteiger partial charge in [-0.1, -0.05) is 86.8 Å². The third kappa shape index (κ3) is 9.66. The molecule has 0 saturated heterocycles. The van der Waals surface area contributed by atoms with Crippen LogP contribution in [0.2, 0.25) is 15.1 Å². The van der Waals surface area contributed by atoms with Crippen LogP contribution in [-0.2, 0) is 9.78 Å². The second kappa shape index (κ2) is 11.7. The lowest BCUT2D eigenvalue weighted by molar-refractivity contribution is -0.393. The van der Waals surface area contributed by atoms with Gasteiger partial charge in [-0.2, -0.15) is 0 Å². The number of hydrogen-bond donors (Lipinski definition) is 0. The van der Waals surface area contributed by atoms with Crippen molar-refractivity contribution in [2.75, 3.05) is 0 Å². The molecular formula is C26H31Cl3O2Si. The molecule has 0 bridgehead atoms. The fourth-order valence-corrected chi connectivity index (χ4v) is 6.06. The Hall–Kier alpha value is -1.33. The highest BCUT2D eigenvalue weighted by Gasteiger charge is 2.19. The van der Waals surface area contributed by atoms with Crippen LogP contribution in [-0.4, -0.2) is 20.0 Å². The van der Waals surface area contributed by atoms with E-state index in [1.165, 1.54) is 15.6 Å². The molecule has 0 aliphatic rings. The van der Waals surface area contributed by atoms with E-state index >= 15 is 0 Å². The molecule has 2 nitrogen and oxygen atoms in total. The molecule has 0 amide bonds. The van der Waals surface area contributed by atoms with Crippen molar-refractivity contribution in [2.24, 2.45) is 0 Å². The van der Waals surface area contributed by atoms with Gasteiger partial charge in [0.05, 0.1) is 11.2 Å². The average Bonchev–Trinajstić information content (AvgIpc) is 2.70. The van der Waals surface area contributed by atoms with Crippen molar-refractivity contribution in [2.45, 2.75) is 52.7 Å². The Labute approximate surface area is 209 Å². The van der Waals surface area contributed by atoms with E-state index in [4.69, 9.17) is 44.6 Å². The molecule has 0 N–H and O–H groups in total. The van der Waals surface area contributed by atoms with Gasteiger partial charge in [-0.05, 0) is 77.9 Å². The Morgan fingerprint density at radius 3 is 0.875 bits per heavy atom. The third-order valence-electron chi connectivity index (χ3n) is 4.15. The van der Waals surface area contributed by atoms with E-state index in [-0.39, 0.29) is 11.2 Å². The molecule has 0 aliphatic carbocycles. The maximum atomic E-state index is 6.03. The zero-order chi connectivity index (χ0) is 23.9. The van der Waals surface area contributed by atoms with Crippen LogP contribution in [0, 0.1) is 0 Å². The van der Waals surface area contributed by atoms with Crippen molar-refractivity contribution in [3.8, 4) is 0 Å². The second-order valence-corrected chi connectivity index (χ2v) is 13.7. The van der Waals surface area contributed by atoms with Gasteiger partial charge in [0.2, 0.25) is 0 Å². The van der Waals surface area contributed by atoms with E-state index in [0.717, 1.165) is 15.1 Å². The summed E-state index contributed by atoms with van der Waals surface area (Å²) in [6, 6.07) is 24.4. The van der Waals surface area contributed by atoms with Crippen LogP contribution in [0.3, 0.4) is 0 Å². The summed E-state index contributed by atoms with van der Waals surface area (Å²) in [6.45, 7) is 11.7. The molecule has 6 heteroatoms. The maximum Gasteiger partial charge on any atom is 0.132 e. The van der Waals surface area contributed by atoms with Gasteiger partial charge in [-0.15, -0.1) is 0 Å². The minimum Gasteiger partial charge on any atom is -0.230 e. The van der Waals surface area contributed by atoms with Crippen LogP contribution in [0.25, 0.3) is 0 Å². The predicted molar refractivity (Wildman–Crippen MR) is 142 cm³/mol. The molecule has 3 rings (SSSR count). The SMILES string of the molecule is CC(C)(C)OOC(C)(C)C.Clc1ccc([SiH](c2ccc(Cl)cc2)c2ccc(Cl)cc2)cc1. The highest BCUT2D eigenvalue weighted by Crippen LogP contribution is 2.14. The maximum absolute atomic E-state index is 6.03. The minimum absolute atomic E-state index is 0.215. The number of halogens is 3. The van der Waals surface area contributed by atoms with E-state index in [0.29, 0.717) is 0 Å². The lowest BCUT2D eigenvalue weighted by atomic mass is 10.2. The first-order valence-corrected chi connectivity index (χ1v) is 13.3. The van der Waals surface area contributed by atoms with Crippen molar-refractivity contribution in [3.05, 3.63) is 87.9 Å². The molecule has 0 heterocycles. The monoisotopic (exact) mass is 508 g/mol. The van der Waals surface area contributed by atoms with Crippen molar-refractivity contribution < 1.29 is 9.78 Å². The Kier molecular flexibility index (Phi) is 9.83. The summed E-state index contributed by atoms with van der Waals surface area (Å²) in [5.41, 5.74) is -0.430. The van der Waals surface area contributed by atoms with Gasteiger partial charge in [0, 0.05) is 15.1 Å². The molecule has 0 atom stereocenters. The zero-order valence-corrected chi connectivity index (χ0v) is 22.9. The Balaban J connectivity index is 0.000000309. The Morgan fingerprint density at radius 1 is 0.469 bits per heavy atom. The summed E-state index contributed by atoms with van der Waals surface area (Å²) in [7, 11) is -1.55. The summed E-state index contributed by atoms with van der Waals surface area (Å²) in [5, 5.41) is 6.20. The molecule has 0 aromatic heterocycles. The lowest BCUT2D eigenvalue weighted by Crippen LogP contribution is -2.51. The highest BCUT2D eigenvalue weighted by molar-refractivity contribution is 6.95. The fourth-order valence-electron chi connectivity index (χ4n) is 2.79. The quantitative estimate of drug-likeness (QED) is 0.175. The standard InChI is InChI=1S/C18H13Cl3Si.C8H18O2/c19-13-1-7-16(8-2-13)22(17-9-3-14(20)4-10-17)18-11-5-15(21)6-12-18;1-7(2,3)9-10-8(4,5)6/h1-12,22H;1-6H3. The first-order valence-electron chi connectivity index (χ1n) is 10.5. The van der Waals surface area contributed by atoms with Crippen LogP contribution in [0.1, 0.15) is 41.5 Å². The van der Waals surface area contributed by atoms with Crippen LogP contribution >= 0.6 is 34.8 Å². The summed E-state index contributed by atoms with van der Waals surface area (Å²) in [6.07, 6.45) is 0. The summed E-state index contributed by atoms with van der Waals surface area (Å²) < 4.78 is 0. The van der Waals surface area contributed by atoms with Gasteiger partial charge in [0.1, 0.15) is 8.80 Å². The summed E-state index contributed by atoms with van der Waals surface area (Å²) >= 11 is 18.1. The Morgan fingerprint density at radius 2 is 0.688 bits per heavy atom. The normalized spacial score (nSPS) is 11.8. The van der Waals surface area contributed by atoms with E-state index in [1.807, 2.05) is 77.9 Å². The van der Waals surface area contributed by atoms with Crippen molar-refractivity contribution in [3.63, 3.8) is 0 Å². The third-order valence-corrected chi connectivity index (χ3v) is 8.06.